The van der Waals surface area contributed by atoms with Crippen LogP contribution < -0.4 is 11.5 Å². The lowest BCUT2D eigenvalue weighted by molar-refractivity contribution is 0.108. The molecule has 61 heavy (non-hydrogen) atoms. The zero-order chi connectivity index (χ0) is 43.7. The van der Waals surface area contributed by atoms with Crippen LogP contribution in [-0.2, 0) is 65.1 Å². The van der Waals surface area contributed by atoms with Gasteiger partial charge in [-0.05, 0) is 39.3 Å². The van der Waals surface area contributed by atoms with E-state index >= 15 is 0 Å². The van der Waals surface area contributed by atoms with E-state index in [9.17, 15) is 16.8 Å². The maximum atomic E-state index is 12.2. The third kappa shape index (κ3) is 10.6. The van der Waals surface area contributed by atoms with E-state index in [1.807, 2.05) is 55.5 Å². The van der Waals surface area contributed by atoms with E-state index in [-0.39, 0.29) is 5.75 Å². The van der Waals surface area contributed by atoms with Crippen molar-refractivity contribution in [1.82, 2.24) is 37.7 Å². The van der Waals surface area contributed by atoms with Gasteiger partial charge in [-0.3, -0.25) is 0 Å². The van der Waals surface area contributed by atoms with Gasteiger partial charge in [-0.2, -0.15) is 4.31 Å². The molecule has 6 aromatic rings. The molecule has 4 aromatic heterocycles. The molecule has 5 heterocycles. The summed E-state index contributed by atoms with van der Waals surface area (Å²) in [5.74, 6) is 2.64. The molecule has 1 saturated heterocycles. The van der Waals surface area contributed by atoms with Gasteiger partial charge in [0, 0.05) is 70.7 Å². The van der Waals surface area contributed by atoms with Gasteiger partial charge < -0.3 is 39.5 Å². The van der Waals surface area contributed by atoms with Crippen molar-refractivity contribution >= 4 is 75.6 Å². The van der Waals surface area contributed by atoms with Gasteiger partial charge >= 0.3 is 0 Å². The number of sulfonamides is 2. The summed E-state index contributed by atoms with van der Waals surface area (Å²) in [6.45, 7) is 10.7. The number of nitrogens with zero attached hydrogens (tertiary/aromatic N) is 8. The topological polar surface area (TPSA) is 225 Å². The summed E-state index contributed by atoms with van der Waals surface area (Å²) in [5.41, 5.74) is 17.2. The molecule has 1 aliphatic heterocycles. The molecule has 18 nitrogen and oxygen atoms in total. The average Bonchev–Trinajstić information content (AvgIpc) is 3.91. The highest BCUT2D eigenvalue weighted by Gasteiger charge is 2.28. The third-order valence-corrected chi connectivity index (χ3v) is 14.7. The molecule has 7 rings (SSSR count). The van der Waals surface area contributed by atoms with E-state index < -0.39 is 25.3 Å². The summed E-state index contributed by atoms with van der Waals surface area (Å²) in [6, 6.07) is 15.7. The molecule has 0 saturated carbocycles. The number of hydrogen-bond donors (Lipinski definition) is 2. The Morgan fingerprint density at radius 3 is 1.85 bits per heavy atom. The van der Waals surface area contributed by atoms with Crippen LogP contribution in [0.3, 0.4) is 0 Å². The van der Waals surface area contributed by atoms with Crippen LogP contribution >= 0.6 is 0 Å². The van der Waals surface area contributed by atoms with Gasteiger partial charge in [-0.1, -0.05) is 36.4 Å². The number of benzene rings is 2. The average molecular weight is 883 g/mol. The smallest absolute Gasteiger partial charge is 0.216 e. The van der Waals surface area contributed by atoms with Crippen LogP contribution in [0.4, 0.5) is 11.6 Å². The minimum Gasteiger partial charge on any atom is -0.384 e. The Balaban J connectivity index is 0.000000204. The van der Waals surface area contributed by atoms with Crippen LogP contribution in [0.5, 0.6) is 0 Å². The van der Waals surface area contributed by atoms with Gasteiger partial charge in [0.05, 0.1) is 66.1 Å². The number of nitrogen functional groups attached to an aromatic ring is 2. The first-order valence-electron chi connectivity index (χ1n) is 20.5. The second-order valence-electron chi connectivity index (χ2n) is 14.9. The SMILES string of the molecule is CCOCc1nc2c(N)nc3ccccc3c2n1CCOCCN1CCCS1(=O)=O.COCCc1nc2c(N)nc3ccccc3c2n1CCOCCN(C)S(=O)(=O)C(C)C. The number of aromatic nitrogens is 6. The van der Waals surface area contributed by atoms with Crippen LogP contribution in [0.15, 0.2) is 48.5 Å². The predicted molar refractivity (Wildman–Crippen MR) is 238 cm³/mol. The summed E-state index contributed by atoms with van der Waals surface area (Å²) >= 11 is 0. The number of hydrogen-bond acceptors (Lipinski definition) is 14. The summed E-state index contributed by atoms with van der Waals surface area (Å²) in [5, 5.41) is 1.50. The Morgan fingerprint density at radius 1 is 0.770 bits per heavy atom. The van der Waals surface area contributed by atoms with Gasteiger partial charge in [0.2, 0.25) is 20.0 Å². The molecule has 0 unspecified atom stereocenters. The van der Waals surface area contributed by atoms with Crippen molar-refractivity contribution in [3.05, 3.63) is 60.2 Å². The first-order chi connectivity index (χ1) is 29.3. The van der Waals surface area contributed by atoms with E-state index in [2.05, 4.69) is 24.1 Å². The van der Waals surface area contributed by atoms with Crippen LogP contribution in [-0.4, -0.2) is 139 Å². The van der Waals surface area contributed by atoms with E-state index in [0.717, 1.165) is 44.5 Å². The lowest BCUT2D eigenvalue weighted by atomic mass is 10.2. The second-order valence-corrected chi connectivity index (χ2v) is 19.6. The Bertz CT molecular complexity index is 2650. The maximum Gasteiger partial charge on any atom is 0.216 e. The van der Waals surface area contributed by atoms with E-state index in [1.165, 1.54) is 8.61 Å². The number of anilines is 2. The van der Waals surface area contributed by atoms with Gasteiger partial charge in [-0.15, -0.1) is 0 Å². The third-order valence-electron chi connectivity index (χ3n) is 10.5. The summed E-state index contributed by atoms with van der Waals surface area (Å²) in [6.07, 6.45) is 1.32. The molecule has 0 radical (unpaired) electrons. The fourth-order valence-corrected chi connectivity index (χ4v) is 9.84. The van der Waals surface area contributed by atoms with Crippen molar-refractivity contribution in [2.75, 3.05) is 90.7 Å². The standard InChI is InChI=1S/C21H31N5O4S.C20H27N5O4S/c1-15(2)31(27,28)25(3)10-13-30-14-11-26-18(9-12-29-4)24-19-20(26)16-7-5-6-8-17(16)23-21(19)22;1-2-28-14-17-23-18-19(15-6-3-4-7-16(15)22-20(18)21)25(17)10-12-29-11-9-24-8-5-13-30(24,26)27/h5-8,15H,9-14H2,1-4H3,(H2,22,23);3-4,6-7H,2,5,8-14H2,1H3,(H2,21,22). The number of nitrogens with two attached hydrogens (primary N) is 2. The minimum absolute atomic E-state index is 0.233. The first kappa shape index (κ1) is 46.0. The quantitative estimate of drug-likeness (QED) is 0.104. The number of ether oxygens (including phenoxy) is 4. The van der Waals surface area contributed by atoms with Crippen molar-refractivity contribution in [2.24, 2.45) is 0 Å². The van der Waals surface area contributed by atoms with Gasteiger partial charge in [0.1, 0.15) is 29.3 Å². The molecular formula is C41H58N10O8S2. The van der Waals surface area contributed by atoms with E-state index in [4.69, 9.17) is 35.4 Å². The number of imidazole rings is 2. The van der Waals surface area contributed by atoms with Crippen molar-refractivity contribution in [1.29, 1.82) is 0 Å². The molecule has 2 aromatic carbocycles. The van der Waals surface area contributed by atoms with Crippen LogP contribution in [0.1, 0.15) is 38.8 Å². The lowest BCUT2D eigenvalue weighted by Gasteiger charge is -2.19. The van der Waals surface area contributed by atoms with E-state index in [0.29, 0.717) is 114 Å². The number of fused-ring (bicyclic) bond motifs is 6. The van der Waals surface area contributed by atoms with Crippen molar-refractivity contribution in [2.45, 2.75) is 58.6 Å². The van der Waals surface area contributed by atoms with Crippen molar-refractivity contribution in [3.63, 3.8) is 0 Å². The molecule has 4 N–H and O–H groups in total. The highest BCUT2D eigenvalue weighted by atomic mass is 32.2. The first-order valence-corrected chi connectivity index (χ1v) is 23.6. The van der Waals surface area contributed by atoms with E-state index in [1.54, 1.807) is 28.0 Å². The van der Waals surface area contributed by atoms with Crippen molar-refractivity contribution < 1.29 is 35.8 Å². The predicted octanol–water partition coefficient (Wildman–Crippen LogP) is 3.80. The molecule has 0 atom stereocenters. The zero-order valence-corrected chi connectivity index (χ0v) is 37.3. The van der Waals surface area contributed by atoms with Crippen molar-refractivity contribution in [3.8, 4) is 0 Å². The number of likely N-dealkylation sites (N-methyl/N-ethyl adjacent to an activating group) is 1. The van der Waals surface area contributed by atoms with Gasteiger partial charge in [0.25, 0.3) is 0 Å². The summed E-state index contributed by atoms with van der Waals surface area (Å²) < 4.78 is 77.5. The molecule has 0 aliphatic carbocycles. The minimum atomic E-state index is -3.28. The Hall–Kier alpha value is -4.54. The molecule has 1 aliphatic rings. The monoisotopic (exact) mass is 882 g/mol. The van der Waals surface area contributed by atoms with Gasteiger partial charge in [-0.25, -0.2) is 41.1 Å². The normalized spacial score (nSPS) is 14.6. The number of pyridine rings is 2. The molecular weight excluding hydrogens is 825 g/mol. The molecule has 1 fully saturated rings. The Labute approximate surface area is 357 Å². The summed E-state index contributed by atoms with van der Waals surface area (Å²) in [4.78, 5) is 18.4. The number of rotatable bonds is 20. The highest BCUT2D eigenvalue weighted by molar-refractivity contribution is 7.89. The van der Waals surface area contributed by atoms with Crippen LogP contribution in [0.25, 0.3) is 43.9 Å². The fraction of sp³-hybridized carbons (Fsp3) is 0.512. The Kier molecular flexibility index (Phi) is 15.5. The second kappa shape index (κ2) is 20.6. The molecule has 0 spiro atoms. The van der Waals surface area contributed by atoms with Crippen LogP contribution in [0, 0.1) is 0 Å². The maximum absolute atomic E-state index is 12.2. The number of methoxy groups -OCH3 is 1. The molecule has 20 heteroatoms. The summed E-state index contributed by atoms with van der Waals surface area (Å²) in [7, 11) is -3.14. The highest BCUT2D eigenvalue weighted by Crippen LogP contribution is 2.30. The molecule has 332 valence electrons. The zero-order valence-electron chi connectivity index (χ0n) is 35.6. The molecule has 0 bridgehead atoms. The van der Waals surface area contributed by atoms with Crippen LogP contribution in [0.2, 0.25) is 0 Å². The Morgan fingerprint density at radius 2 is 1.31 bits per heavy atom. The molecule has 0 amide bonds. The lowest BCUT2D eigenvalue weighted by Crippen LogP contribution is -2.35. The fourth-order valence-electron chi connectivity index (χ4n) is 7.28. The van der Waals surface area contributed by atoms with Gasteiger partial charge in [0.15, 0.2) is 11.6 Å². The number of para-hydroxylation sites is 2. The largest absolute Gasteiger partial charge is 0.384 e.